The molecule has 2 aromatic carbocycles. The smallest absolute Gasteiger partial charge is 1.00 e. The Morgan fingerprint density at radius 1 is 0.647 bits per heavy atom. The Labute approximate surface area is 127 Å². The summed E-state index contributed by atoms with van der Waals surface area (Å²) in [5.74, 6) is 0. The maximum Gasteiger partial charge on any atom is 1.00 e. The summed E-state index contributed by atoms with van der Waals surface area (Å²) in [4.78, 5) is 0. The molecule has 0 aliphatic rings. The van der Waals surface area contributed by atoms with Gasteiger partial charge in [0, 0.05) is 0 Å². The van der Waals surface area contributed by atoms with E-state index < -0.39 is 0 Å². The van der Waals surface area contributed by atoms with Gasteiger partial charge in [-0.2, -0.15) is 0 Å². The summed E-state index contributed by atoms with van der Waals surface area (Å²) in [5, 5.41) is 0. The molecule has 0 amide bonds. The minimum Gasteiger partial charge on any atom is -1.00 e. The summed E-state index contributed by atoms with van der Waals surface area (Å²) in [6.07, 6.45) is 3.67. The summed E-state index contributed by atoms with van der Waals surface area (Å²) in [6.45, 7) is 7.26. The van der Waals surface area contributed by atoms with E-state index >= 15 is 0 Å². The summed E-state index contributed by atoms with van der Waals surface area (Å²) >= 11 is 0. The van der Waals surface area contributed by atoms with Gasteiger partial charge < -0.3 is 1.43 Å². The summed E-state index contributed by atoms with van der Waals surface area (Å²) in [6, 6.07) is 20.1. The largest absolute Gasteiger partial charge is 1.00 e. The van der Waals surface area contributed by atoms with E-state index in [1.165, 1.54) is 11.1 Å². The molecule has 2 aromatic rings. The van der Waals surface area contributed by atoms with Crippen LogP contribution < -0.4 is 29.6 Å². The van der Waals surface area contributed by atoms with Crippen LogP contribution in [0, 0.1) is 0 Å². The molecule has 0 unspecified atom stereocenters. The maximum atomic E-state index is 3.63. The molecule has 0 aliphatic heterocycles. The SMILES string of the molecule is C=Cc1ccccc1.C=Cc1ccccc1.[H-].[Na+]. The summed E-state index contributed by atoms with van der Waals surface area (Å²) in [7, 11) is 0. The predicted molar refractivity (Wildman–Crippen MR) is 74.2 cm³/mol. The van der Waals surface area contributed by atoms with Crippen LogP contribution in [0.1, 0.15) is 12.6 Å². The topological polar surface area (TPSA) is 0 Å². The van der Waals surface area contributed by atoms with Gasteiger partial charge in [-0.05, 0) is 11.1 Å². The average molecular weight is 232 g/mol. The van der Waals surface area contributed by atoms with Crippen molar-refractivity contribution in [1.29, 1.82) is 0 Å². The van der Waals surface area contributed by atoms with Gasteiger partial charge in [0.1, 0.15) is 0 Å². The molecule has 0 heterocycles. The summed E-state index contributed by atoms with van der Waals surface area (Å²) < 4.78 is 0. The predicted octanol–water partition coefficient (Wildman–Crippen LogP) is 1.78. The fourth-order valence-corrected chi connectivity index (χ4v) is 1.18. The minimum atomic E-state index is 0. The maximum absolute atomic E-state index is 3.63. The van der Waals surface area contributed by atoms with Gasteiger partial charge >= 0.3 is 29.6 Å². The Balaban J connectivity index is 0. The molecule has 0 fully saturated rings. The molecular weight excluding hydrogens is 215 g/mol. The molecular formula is C16H17Na. The van der Waals surface area contributed by atoms with Crippen molar-refractivity contribution in [3.05, 3.63) is 84.9 Å². The molecule has 0 saturated heterocycles. The van der Waals surface area contributed by atoms with E-state index in [1.54, 1.807) is 0 Å². The fraction of sp³-hybridized carbons (Fsp3) is 0. The minimum absolute atomic E-state index is 0. The van der Waals surface area contributed by atoms with Crippen molar-refractivity contribution in [3.8, 4) is 0 Å². The van der Waals surface area contributed by atoms with E-state index in [0.29, 0.717) is 0 Å². The Hall–Kier alpha value is -1.08. The Bertz CT molecular complexity index is 380. The van der Waals surface area contributed by atoms with E-state index in [0.717, 1.165) is 0 Å². The van der Waals surface area contributed by atoms with Crippen molar-refractivity contribution >= 4 is 12.2 Å². The second kappa shape index (κ2) is 10.1. The first kappa shape index (κ1) is 15.9. The third-order valence-corrected chi connectivity index (χ3v) is 2.07. The molecule has 0 aliphatic carbocycles. The van der Waals surface area contributed by atoms with Crippen LogP contribution in [0.25, 0.3) is 12.2 Å². The zero-order chi connectivity index (χ0) is 11.6. The van der Waals surface area contributed by atoms with Crippen molar-refractivity contribution in [2.45, 2.75) is 0 Å². The first-order chi connectivity index (χ1) is 7.86. The molecule has 0 nitrogen and oxygen atoms in total. The van der Waals surface area contributed by atoms with Gasteiger partial charge in [0.25, 0.3) is 0 Å². The van der Waals surface area contributed by atoms with Crippen LogP contribution in [-0.2, 0) is 0 Å². The zero-order valence-corrected chi connectivity index (χ0v) is 12.3. The first-order valence-corrected chi connectivity index (χ1v) is 5.22. The molecule has 1 heteroatoms. The van der Waals surface area contributed by atoms with Crippen LogP contribution in [-0.4, -0.2) is 0 Å². The van der Waals surface area contributed by atoms with E-state index in [1.807, 2.05) is 72.8 Å². The molecule has 0 spiro atoms. The van der Waals surface area contributed by atoms with E-state index in [9.17, 15) is 0 Å². The molecule has 0 radical (unpaired) electrons. The number of rotatable bonds is 2. The molecule has 2 rings (SSSR count). The molecule has 0 saturated carbocycles. The van der Waals surface area contributed by atoms with Crippen molar-refractivity contribution < 1.29 is 31.0 Å². The second-order valence-corrected chi connectivity index (χ2v) is 3.23. The van der Waals surface area contributed by atoms with E-state index in [2.05, 4.69) is 13.2 Å². The van der Waals surface area contributed by atoms with Crippen LogP contribution in [0.5, 0.6) is 0 Å². The van der Waals surface area contributed by atoms with E-state index in [4.69, 9.17) is 0 Å². The molecule has 0 aromatic heterocycles. The normalized spacial score (nSPS) is 8.00. The molecule has 0 N–H and O–H groups in total. The van der Waals surface area contributed by atoms with E-state index in [-0.39, 0.29) is 31.0 Å². The molecule has 0 bridgehead atoms. The van der Waals surface area contributed by atoms with Gasteiger partial charge in [-0.3, -0.25) is 0 Å². The standard InChI is InChI=1S/2C8H8.Na.H/c2*1-2-8-6-4-3-5-7-8;;/h2*2-7H,1H2;;/q;;+1;-1. The van der Waals surface area contributed by atoms with Crippen LogP contribution in [0.2, 0.25) is 0 Å². The summed E-state index contributed by atoms with van der Waals surface area (Å²) in [5.41, 5.74) is 2.35. The van der Waals surface area contributed by atoms with Crippen molar-refractivity contribution in [3.63, 3.8) is 0 Å². The van der Waals surface area contributed by atoms with Crippen LogP contribution in [0.15, 0.2) is 73.8 Å². The van der Waals surface area contributed by atoms with Crippen molar-refractivity contribution in [1.82, 2.24) is 0 Å². The third-order valence-electron chi connectivity index (χ3n) is 2.07. The average Bonchev–Trinajstić information content (AvgIpc) is 2.41. The quantitative estimate of drug-likeness (QED) is 0.692. The molecule has 0 atom stereocenters. The van der Waals surface area contributed by atoms with Crippen molar-refractivity contribution in [2.24, 2.45) is 0 Å². The molecule has 82 valence electrons. The third kappa shape index (κ3) is 6.96. The van der Waals surface area contributed by atoms with Crippen LogP contribution in [0.3, 0.4) is 0 Å². The van der Waals surface area contributed by atoms with Crippen LogP contribution in [0.4, 0.5) is 0 Å². The first-order valence-electron chi connectivity index (χ1n) is 5.22. The van der Waals surface area contributed by atoms with Crippen LogP contribution >= 0.6 is 0 Å². The van der Waals surface area contributed by atoms with Gasteiger partial charge in [-0.1, -0.05) is 86.0 Å². The fourth-order valence-electron chi connectivity index (χ4n) is 1.18. The number of benzene rings is 2. The second-order valence-electron chi connectivity index (χ2n) is 3.23. The Morgan fingerprint density at radius 3 is 1.12 bits per heavy atom. The van der Waals surface area contributed by atoms with Gasteiger partial charge in [0.05, 0.1) is 0 Å². The zero-order valence-electron chi connectivity index (χ0n) is 11.3. The van der Waals surface area contributed by atoms with Gasteiger partial charge in [-0.15, -0.1) is 0 Å². The van der Waals surface area contributed by atoms with Crippen molar-refractivity contribution in [2.75, 3.05) is 0 Å². The monoisotopic (exact) mass is 232 g/mol. The van der Waals surface area contributed by atoms with Gasteiger partial charge in [0.15, 0.2) is 0 Å². The molecule has 17 heavy (non-hydrogen) atoms. The number of hydrogen-bond acceptors (Lipinski definition) is 0. The Kier molecular flexibility index (Phi) is 9.46. The van der Waals surface area contributed by atoms with Gasteiger partial charge in [0.2, 0.25) is 0 Å². The Morgan fingerprint density at radius 2 is 0.941 bits per heavy atom. The van der Waals surface area contributed by atoms with Gasteiger partial charge in [-0.25, -0.2) is 0 Å². The number of hydrogen-bond donors (Lipinski definition) is 0.